The number of hydrogen-bond donors (Lipinski definition) is 0. The van der Waals surface area contributed by atoms with E-state index in [4.69, 9.17) is 0 Å². The van der Waals surface area contributed by atoms with Gasteiger partial charge in [0.2, 0.25) is 15.9 Å². The maximum atomic E-state index is 13.3. The molecule has 1 atom stereocenters. The molecular formula is C21H31N5O3S. The zero-order chi connectivity index (χ0) is 21.3. The first-order valence-corrected chi connectivity index (χ1v) is 12.5. The smallest absolute Gasteiger partial charge is 0.243 e. The molecule has 0 bridgehead atoms. The lowest BCUT2D eigenvalue weighted by atomic mass is 9.94. The van der Waals surface area contributed by atoms with E-state index in [2.05, 4.69) is 24.2 Å². The summed E-state index contributed by atoms with van der Waals surface area (Å²) in [5.74, 6) is 0.512. The Bertz CT molecular complexity index is 1010. The number of likely N-dealkylation sites (tertiary alicyclic amines) is 1. The first kappa shape index (κ1) is 21.2. The molecule has 1 aromatic heterocycles. The van der Waals surface area contributed by atoms with Crippen molar-refractivity contribution >= 4 is 27.0 Å². The number of benzene rings is 1. The van der Waals surface area contributed by atoms with Gasteiger partial charge >= 0.3 is 0 Å². The van der Waals surface area contributed by atoms with Crippen molar-refractivity contribution in [3.05, 3.63) is 18.2 Å². The first-order valence-electron chi connectivity index (χ1n) is 11.0. The van der Waals surface area contributed by atoms with Crippen LogP contribution in [0.5, 0.6) is 0 Å². The summed E-state index contributed by atoms with van der Waals surface area (Å²) < 4.78 is 29.9. The summed E-state index contributed by atoms with van der Waals surface area (Å²) in [6.07, 6.45) is 4.44. The summed E-state index contributed by atoms with van der Waals surface area (Å²) in [4.78, 5) is 15.1. The fourth-order valence-corrected chi connectivity index (χ4v) is 6.03. The Balaban J connectivity index is 1.51. The van der Waals surface area contributed by atoms with E-state index in [-0.39, 0.29) is 23.3 Å². The Hall–Kier alpha value is -2.00. The number of sulfonamides is 1. The van der Waals surface area contributed by atoms with Crippen LogP contribution in [0.25, 0.3) is 11.0 Å². The Morgan fingerprint density at radius 2 is 1.93 bits per heavy atom. The lowest BCUT2D eigenvalue weighted by molar-refractivity contribution is -0.138. The van der Waals surface area contributed by atoms with Crippen LogP contribution in [0.15, 0.2) is 23.1 Å². The Kier molecular flexibility index (Phi) is 6.11. The first-order chi connectivity index (χ1) is 14.4. The van der Waals surface area contributed by atoms with Gasteiger partial charge in [0.25, 0.3) is 0 Å². The van der Waals surface area contributed by atoms with E-state index >= 15 is 0 Å². The fourth-order valence-electron chi connectivity index (χ4n) is 4.49. The second-order valence-corrected chi connectivity index (χ2v) is 10.6. The molecular weight excluding hydrogens is 402 g/mol. The van der Waals surface area contributed by atoms with Crippen molar-refractivity contribution < 1.29 is 13.2 Å². The van der Waals surface area contributed by atoms with Crippen molar-refractivity contribution in [1.82, 2.24) is 24.2 Å². The van der Waals surface area contributed by atoms with Crippen molar-refractivity contribution in [2.45, 2.75) is 57.4 Å². The minimum Gasteiger partial charge on any atom is -0.342 e. The second kappa shape index (κ2) is 8.63. The van der Waals surface area contributed by atoms with Crippen molar-refractivity contribution in [1.29, 1.82) is 0 Å². The molecule has 0 spiro atoms. The molecule has 9 heteroatoms. The van der Waals surface area contributed by atoms with Crippen LogP contribution in [0.1, 0.15) is 46.0 Å². The van der Waals surface area contributed by atoms with E-state index in [0.717, 1.165) is 50.8 Å². The zero-order valence-corrected chi connectivity index (χ0v) is 18.6. The van der Waals surface area contributed by atoms with Gasteiger partial charge in [-0.3, -0.25) is 4.79 Å². The Morgan fingerprint density at radius 3 is 2.67 bits per heavy atom. The summed E-state index contributed by atoms with van der Waals surface area (Å²) in [5.41, 5.74) is 1.42. The van der Waals surface area contributed by atoms with E-state index < -0.39 is 10.0 Å². The van der Waals surface area contributed by atoms with Crippen LogP contribution in [-0.2, 0) is 21.4 Å². The summed E-state index contributed by atoms with van der Waals surface area (Å²) in [6.45, 7) is 7.30. The van der Waals surface area contributed by atoms with Crippen LogP contribution < -0.4 is 0 Å². The maximum absolute atomic E-state index is 13.3. The molecule has 0 unspecified atom stereocenters. The Labute approximate surface area is 178 Å². The third-order valence-electron chi connectivity index (χ3n) is 6.39. The molecule has 8 nitrogen and oxygen atoms in total. The number of rotatable bonds is 5. The standard InChI is InChI=1S/C21H31N5O3S/c1-3-10-26-20-7-6-18(14-19(20)22-23-26)30(28,29)25-11-4-5-17(15-25)21(27)24-12-8-16(2)9-13-24/h6-7,14,16-17H,3-5,8-13,15H2,1-2H3/t17-/m1/s1. The zero-order valence-electron chi connectivity index (χ0n) is 17.8. The highest BCUT2D eigenvalue weighted by Gasteiger charge is 2.36. The molecule has 2 saturated heterocycles. The van der Waals surface area contributed by atoms with E-state index in [1.54, 1.807) is 22.9 Å². The molecule has 3 heterocycles. The number of fused-ring (bicyclic) bond motifs is 1. The Morgan fingerprint density at radius 1 is 1.17 bits per heavy atom. The van der Waals surface area contributed by atoms with E-state index in [1.807, 2.05) is 4.90 Å². The summed E-state index contributed by atoms with van der Waals surface area (Å²) >= 11 is 0. The largest absolute Gasteiger partial charge is 0.342 e. The highest BCUT2D eigenvalue weighted by molar-refractivity contribution is 7.89. The van der Waals surface area contributed by atoms with Gasteiger partial charge in [-0.15, -0.1) is 5.10 Å². The quantitative estimate of drug-likeness (QED) is 0.723. The van der Waals surface area contributed by atoms with Gasteiger partial charge in [-0.1, -0.05) is 19.1 Å². The van der Waals surface area contributed by atoms with Crippen LogP contribution in [0.3, 0.4) is 0 Å². The predicted molar refractivity (Wildman–Crippen MR) is 114 cm³/mol. The SMILES string of the molecule is CCCn1nnc2cc(S(=O)(=O)N3CCC[C@@H](C(=O)N4CCC(C)CC4)C3)ccc21. The van der Waals surface area contributed by atoms with Crippen LogP contribution in [0.4, 0.5) is 0 Å². The number of piperidine rings is 2. The van der Waals surface area contributed by atoms with Gasteiger partial charge in [-0.25, -0.2) is 13.1 Å². The molecule has 30 heavy (non-hydrogen) atoms. The van der Waals surface area contributed by atoms with Crippen LogP contribution in [0.2, 0.25) is 0 Å². The fraction of sp³-hybridized carbons (Fsp3) is 0.667. The van der Waals surface area contributed by atoms with Crippen LogP contribution >= 0.6 is 0 Å². The van der Waals surface area contributed by atoms with Gasteiger partial charge in [0, 0.05) is 32.7 Å². The van der Waals surface area contributed by atoms with Gasteiger partial charge < -0.3 is 4.90 Å². The number of carbonyl (C=O) groups excluding carboxylic acids is 1. The van der Waals surface area contributed by atoms with E-state index in [9.17, 15) is 13.2 Å². The number of amides is 1. The minimum absolute atomic E-state index is 0.111. The summed E-state index contributed by atoms with van der Waals surface area (Å²) in [7, 11) is -3.68. The van der Waals surface area contributed by atoms with Crippen LogP contribution in [-0.4, -0.2) is 64.7 Å². The lowest BCUT2D eigenvalue weighted by Crippen LogP contribution is -2.48. The lowest BCUT2D eigenvalue weighted by Gasteiger charge is -2.36. The highest BCUT2D eigenvalue weighted by Crippen LogP contribution is 2.28. The molecule has 0 N–H and O–H groups in total. The van der Waals surface area contributed by atoms with Crippen molar-refractivity contribution in [3.8, 4) is 0 Å². The average molecular weight is 434 g/mol. The van der Waals surface area contributed by atoms with Crippen molar-refractivity contribution in [3.63, 3.8) is 0 Å². The van der Waals surface area contributed by atoms with Crippen molar-refractivity contribution in [2.75, 3.05) is 26.2 Å². The second-order valence-electron chi connectivity index (χ2n) is 8.67. The molecule has 1 aromatic carbocycles. The molecule has 2 aromatic rings. The van der Waals surface area contributed by atoms with Gasteiger partial charge in [0.1, 0.15) is 5.52 Å². The topological polar surface area (TPSA) is 88.4 Å². The number of nitrogens with zero attached hydrogens (tertiary/aromatic N) is 5. The minimum atomic E-state index is -3.68. The molecule has 0 saturated carbocycles. The van der Waals surface area contributed by atoms with Gasteiger partial charge in [0.05, 0.1) is 16.3 Å². The van der Waals surface area contributed by atoms with Crippen LogP contribution in [0, 0.1) is 11.8 Å². The summed E-state index contributed by atoms with van der Waals surface area (Å²) in [5, 5.41) is 8.26. The van der Waals surface area contributed by atoms with Gasteiger partial charge in [-0.05, 0) is 56.2 Å². The van der Waals surface area contributed by atoms with Gasteiger partial charge in [0.15, 0.2) is 0 Å². The molecule has 0 aliphatic carbocycles. The third-order valence-corrected chi connectivity index (χ3v) is 8.25. The number of aromatic nitrogens is 3. The molecule has 2 aliphatic heterocycles. The molecule has 2 aliphatic rings. The van der Waals surface area contributed by atoms with Crippen molar-refractivity contribution in [2.24, 2.45) is 11.8 Å². The monoisotopic (exact) mass is 433 g/mol. The number of carbonyl (C=O) groups is 1. The summed E-state index contributed by atoms with van der Waals surface area (Å²) in [6, 6.07) is 5.01. The molecule has 0 radical (unpaired) electrons. The highest BCUT2D eigenvalue weighted by atomic mass is 32.2. The molecule has 164 valence electrons. The third kappa shape index (κ3) is 4.09. The molecule has 4 rings (SSSR count). The van der Waals surface area contributed by atoms with Gasteiger partial charge in [-0.2, -0.15) is 4.31 Å². The van der Waals surface area contributed by atoms with E-state index in [1.165, 1.54) is 4.31 Å². The number of hydrogen-bond acceptors (Lipinski definition) is 5. The van der Waals surface area contributed by atoms with E-state index in [0.29, 0.717) is 24.4 Å². The predicted octanol–water partition coefficient (Wildman–Crippen LogP) is 2.50. The molecule has 1 amide bonds. The average Bonchev–Trinajstić information content (AvgIpc) is 3.16. The molecule has 2 fully saturated rings. The number of aryl methyl sites for hydroxylation is 1. The normalized spacial score (nSPS) is 21.9. The maximum Gasteiger partial charge on any atom is 0.243 e.